The molecule has 0 unspecified atom stereocenters. The van der Waals surface area contributed by atoms with Crippen LogP contribution in [0.2, 0.25) is 0 Å². The summed E-state index contributed by atoms with van der Waals surface area (Å²) in [5.74, 6) is -0.128. The molecule has 1 aromatic rings. The van der Waals surface area contributed by atoms with Crippen molar-refractivity contribution in [3.63, 3.8) is 0 Å². The van der Waals surface area contributed by atoms with E-state index in [9.17, 15) is 4.79 Å². The normalized spacial score (nSPS) is 11.8. The van der Waals surface area contributed by atoms with E-state index in [-0.39, 0.29) is 0 Å². The summed E-state index contributed by atoms with van der Waals surface area (Å²) in [6, 6.07) is 7.53. The summed E-state index contributed by atoms with van der Waals surface area (Å²) in [4.78, 5) is 10.5. The Hall–Kier alpha value is -2.03. The molecule has 1 rings (SSSR count). The van der Waals surface area contributed by atoms with Crippen LogP contribution in [0.5, 0.6) is 5.75 Å². The maximum Gasteiger partial charge on any atom is 0.331 e. The molecule has 0 aromatic heterocycles. The lowest BCUT2D eigenvalue weighted by Gasteiger charge is -1.99. The third-order valence-corrected chi connectivity index (χ3v) is 2.07. The first-order valence-electron chi connectivity index (χ1n) is 4.86. The minimum absolute atomic E-state index is 0.305. The number of rotatable bonds is 4. The molecule has 0 aliphatic heterocycles. The van der Waals surface area contributed by atoms with Gasteiger partial charge in [0, 0.05) is 5.57 Å². The number of hydrogen-bond donors (Lipinski definition) is 1. The number of benzene rings is 1. The van der Waals surface area contributed by atoms with Gasteiger partial charge in [0.25, 0.3) is 0 Å². The van der Waals surface area contributed by atoms with Crippen LogP contribution in [-0.2, 0) is 4.79 Å². The number of aliphatic carboxylic acids is 1. The van der Waals surface area contributed by atoms with Crippen molar-refractivity contribution in [2.24, 2.45) is 0 Å². The van der Waals surface area contributed by atoms with E-state index in [1.54, 1.807) is 26.2 Å². The van der Waals surface area contributed by atoms with Crippen LogP contribution in [0.25, 0.3) is 6.08 Å². The van der Waals surface area contributed by atoms with Gasteiger partial charge in [-0.3, -0.25) is 0 Å². The molecule has 3 heteroatoms. The van der Waals surface area contributed by atoms with Crippen LogP contribution in [0, 0.1) is 0 Å². The highest BCUT2D eigenvalue weighted by Gasteiger charge is 1.96. The summed E-state index contributed by atoms with van der Waals surface area (Å²) in [6.07, 6.45) is 5.09. The van der Waals surface area contributed by atoms with Gasteiger partial charge in [-0.05, 0) is 24.6 Å². The fraction of sp³-hybridized carbons (Fsp3) is 0.154. The number of carbonyl (C=O) groups is 1. The molecule has 16 heavy (non-hydrogen) atoms. The van der Waals surface area contributed by atoms with Gasteiger partial charge in [-0.25, -0.2) is 4.79 Å². The van der Waals surface area contributed by atoms with Crippen molar-refractivity contribution in [3.8, 4) is 5.75 Å². The lowest BCUT2D eigenvalue weighted by atomic mass is 10.2. The molecule has 3 nitrogen and oxygen atoms in total. The van der Waals surface area contributed by atoms with Crippen LogP contribution >= 0.6 is 0 Å². The van der Waals surface area contributed by atoms with E-state index in [0.29, 0.717) is 5.57 Å². The molecule has 0 fully saturated rings. The minimum atomic E-state index is -0.907. The van der Waals surface area contributed by atoms with Crippen LogP contribution in [0.4, 0.5) is 0 Å². The van der Waals surface area contributed by atoms with E-state index in [2.05, 4.69) is 0 Å². The second-order valence-corrected chi connectivity index (χ2v) is 3.29. The van der Waals surface area contributed by atoms with Crippen molar-refractivity contribution < 1.29 is 14.6 Å². The topological polar surface area (TPSA) is 46.5 Å². The van der Waals surface area contributed by atoms with Gasteiger partial charge in [0.2, 0.25) is 0 Å². The maximum absolute atomic E-state index is 10.5. The second-order valence-electron chi connectivity index (χ2n) is 3.29. The molecule has 0 atom stereocenters. The fourth-order valence-corrected chi connectivity index (χ4v) is 1.12. The Morgan fingerprint density at radius 3 is 2.81 bits per heavy atom. The molecule has 0 bridgehead atoms. The Balaban J connectivity index is 2.76. The highest BCUT2D eigenvalue weighted by atomic mass is 16.5. The first-order chi connectivity index (χ1) is 7.63. The molecule has 1 N–H and O–H groups in total. The van der Waals surface area contributed by atoms with E-state index in [4.69, 9.17) is 9.84 Å². The zero-order chi connectivity index (χ0) is 12.0. The van der Waals surface area contributed by atoms with Crippen LogP contribution in [0.1, 0.15) is 12.5 Å². The van der Waals surface area contributed by atoms with Crippen molar-refractivity contribution in [1.29, 1.82) is 0 Å². The monoisotopic (exact) mass is 218 g/mol. The van der Waals surface area contributed by atoms with Gasteiger partial charge in [0.15, 0.2) is 0 Å². The zero-order valence-corrected chi connectivity index (χ0v) is 9.31. The van der Waals surface area contributed by atoms with E-state index in [0.717, 1.165) is 11.3 Å². The number of ether oxygens (including phenoxy) is 1. The summed E-state index contributed by atoms with van der Waals surface area (Å²) in [6.45, 7) is 1.55. The summed E-state index contributed by atoms with van der Waals surface area (Å²) in [5, 5.41) is 8.64. The summed E-state index contributed by atoms with van der Waals surface area (Å²) in [7, 11) is 1.61. The molecule has 1 aromatic carbocycles. The number of hydrogen-bond acceptors (Lipinski definition) is 2. The predicted octanol–water partition coefficient (Wildman–Crippen LogP) is 2.74. The Morgan fingerprint density at radius 1 is 1.44 bits per heavy atom. The molecule has 0 saturated heterocycles. The fourth-order valence-electron chi connectivity index (χ4n) is 1.12. The van der Waals surface area contributed by atoms with Gasteiger partial charge in [-0.15, -0.1) is 0 Å². The highest BCUT2D eigenvalue weighted by molar-refractivity contribution is 5.86. The van der Waals surface area contributed by atoms with Crippen LogP contribution in [0.15, 0.2) is 42.0 Å². The molecule has 84 valence electrons. The number of allylic oxidation sites excluding steroid dienone is 2. The van der Waals surface area contributed by atoms with E-state index in [1.807, 2.05) is 30.3 Å². The average molecular weight is 218 g/mol. The maximum atomic E-state index is 10.5. The van der Waals surface area contributed by atoms with Gasteiger partial charge in [0.1, 0.15) is 5.75 Å². The minimum Gasteiger partial charge on any atom is -0.497 e. The first kappa shape index (κ1) is 12.0. The predicted molar refractivity (Wildman–Crippen MR) is 63.4 cm³/mol. The van der Waals surface area contributed by atoms with Crippen molar-refractivity contribution >= 4 is 12.0 Å². The molecule has 0 aliphatic carbocycles. The largest absolute Gasteiger partial charge is 0.497 e. The van der Waals surface area contributed by atoms with Gasteiger partial charge in [0.05, 0.1) is 7.11 Å². The Labute approximate surface area is 94.7 Å². The molecule has 0 heterocycles. The van der Waals surface area contributed by atoms with Gasteiger partial charge in [-0.2, -0.15) is 0 Å². The summed E-state index contributed by atoms with van der Waals surface area (Å²) in [5.41, 5.74) is 1.27. The standard InChI is InChI=1S/C13H14O3/c1-10(13(14)15)5-3-6-11-7-4-8-12(9-11)16-2/h3-9H,1-2H3,(H,14,15). The molecule has 0 radical (unpaired) electrons. The molecular formula is C13H14O3. The first-order valence-corrected chi connectivity index (χ1v) is 4.86. The van der Waals surface area contributed by atoms with Gasteiger partial charge >= 0.3 is 5.97 Å². The van der Waals surface area contributed by atoms with Crippen LogP contribution in [0.3, 0.4) is 0 Å². The van der Waals surface area contributed by atoms with Crippen LogP contribution < -0.4 is 4.74 Å². The quantitative estimate of drug-likeness (QED) is 0.624. The van der Waals surface area contributed by atoms with Crippen molar-refractivity contribution in [3.05, 3.63) is 47.6 Å². The number of carboxylic acids is 1. The Kier molecular flexibility index (Phi) is 4.33. The van der Waals surface area contributed by atoms with Gasteiger partial charge < -0.3 is 9.84 Å². The third-order valence-electron chi connectivity index (χ3n) is 2.07. The van der Waals surface area contributed by atoms with E-state index < -0.39 is 5.97 Å². The van der Waals surface area contributed by atoms with Gasteiger partial charge in [-0.1, -0.05) is 30.4 Å². The van der Waals surface area contributed by atoms with Crippen molar-refractivity contribution in [2.75, 3.05) is 7.11 Å². The average Bonchev–Trinajstić information content (AvgIpc) is 2.29. The summed E-state index contributed by atoms with van der Waals surface area (Å²) < 4.78 is 5.08. The third kappa shape index (κ3) is 3.61. The van der Waals surface area contributed by atoms with Crippen molar-refractivity contribution in [2.45, 2.75) is 6.92 Å². The number of methoxy groups -OCH3 is 1. The lowest BCUT2D eigenvalue weighted by molar-refractivity contribution is -0.132. The zero-order valence-electron chi connectivity index (χ0n) is 9.31. The molecule has 0 saturated carbocycles. The smallest absolute Gasteiger partial charge is 0.331 e. The Bertz CT molecular complexity index is 431. The number of carboxylic acid groups (broad SMARTS) is 1. The molecule has 0 aliphatic rings. The second kappa shape index (κ2) is 5.75. The van der Waals surface area contributed by atoms with E-state index in [1.165, 1.54) is 0 Å². The Morgan fingerprint density at radius 2 is 2.19 bits per heavy atom. The summed E-state index contributed by atoms with van der Waals surface area (Å²) >= 11 is 0. The van der Waals surface area contributed by atoms with Crippen molar-refractivity contribution in [1.82, 2.24) is 0 Å². The molecular weight excluding hydrogens is 204 g/mol. The SMILES string of the molecule is COc1cccc(C=CC=C(C)C(=O)O)c1. The van der Waals surface area contributed by atoms with E-state index >= 15 is 0 Å². The highest BCUT2D eigenvalue weighted by Crippen LogP contribution is 2.13. The van der Waals surface area contributed by atoms with Crippen LogP contribution in [-0.4, -0.2) is 18.2 Å². The molecule has 0 amide bonds. The molecule has 0 spiro atoms. The lowest BCUT2D eigenvalue weighted by Crippen LogP contribution is -1.94.